The lowest BCUT2D eigenvalue weighted by molar-refractivity contribution is -0.130. The Balaban J connectivity index is 2.05. The third-order valence-electron chi connectivity index (χ3n) is 2.95. The van der Waals surface area contributed by atoms with Crippen LogP contribution in [0, 0.1) is 6.92 Å². The number of benzene rings is 1. The quantitative estimate of drug-likeness (QED) is 0.893. The van der Waals surface area contributed by atoms with Gasteiger partial charge in [0.05, 0.1) is 0 Å². The van der Waals surface area contributed by atoms with Crippen LogP contribution >= 0.6 is 0 Å². The summed E-state index contributed by atoms with van der Waals surface area (Å²) >= 11 is 0. The number of fused-ring (bicyclic) bond motifs is 1. The molecule has 1 N–H and O–H groups in total. The second-order valence-corrected chi connectivity index (χ2v) is 4.61. The molecule has 2 rings (SSSR count). The molecule has 1 amide bonds. The Hall–Kier alpha value is -1.88. The topological polar surface area (TPSA) is 66.6 Å². The second kappa shape index (κ2) is 5.84. The Morgan fingerprint density at radius 2 is 2.26 bits per heavy atom. The number of hydrogen-bond donors (Lipinski definition) is 1. The largest absolute Gasteiger partial charge is 0.441 e. The molecule has 0 bridgehead atoms. The van der Waals surface area contributed by atoms with E-state index in [1.54, 1.807) is 11.9 Å². The molecule has 0 atom stereocenters. The molecule has 102 valence electrons. The summed E-state index contributed by atoms with van der Waals surface area (Å²) in [5.41, 5.74) is 2.57. The van der Waals surface area contributed by atoms with Crippen LogP contribution < -0.4 is 0 Å². The fraction of sp³-hybridized carbons (Fsp3) is 0.429. The van der Waals surface area contributed by atoms with Gasteiger partial charge in [0.1, 0.15) is 5.52 Å². The van der Waals surface area contributed by atoms with Gasteiger partial charge in [-0.25, -0.2) is 4.98 Å². The zero-order chi connectivity index (χ0) is 13.8. The molecule has 0 aliphatic heterocycles. The standard InChI is InChI=1S/C14H18N2O3/c1-10-15-12-6-5-11(8-13(12)19-10)9-16(2)14(18)4-3-7-17/h5-6,8,17H,3-4,7,9H2,1-2H3. The number of rotatable bonds is 5. The Morgan fingerprint density at radius 3 is 3.00 bits per heavy atom. The molecule has 1 aromatic carbocycles. The number of aromatic nitrogens is 1. The average Bonchev–Trinajstić information content (AvgIpc) is 2.75. The Labute approximate surface area is 111 Å². The summed E-state index contributed by atoms with van der Waals surface area (Å²) in [6, 6.07) is 5.75. The van der Waals surface area contributed by atoms with Crippen LogP contribution in [-0.4, -0.2) is 34.6 Å². The molecule has 0 radical (unpaired) electrons. The van der Waals surface area contributed by atoms with E-state index in [0.717, 1.165) is 16.7 Å². The first kappa shape index (κ1) is 13.5. The van der Waals surface area contributed by atoms with Gasteiger partial charge in [-0.15, -0.1) is 0 Å². The maximum atomic E-state index is 11.8. The lowest BCUT2D eigenvalue weighted by Crippen LogP contribution is -2.26. The summed E-state index contributed by atoms with van der Waals surface area (Å²) in [7, 11) is 1.76. The molecule has 1 aromatic heterocycles. The van der Waals surface area contributed by atoms with Crippen molar-refractivity contribution < 1.29 is 14.3 Å². The maximum absolute atomic E-state index is 11.8. The highest BCUT2D eigenvalue weighted by Gasteiger charge is 2.10. The lowest BCUT2D eigenvalue weighted by atomic mass is 10.2. The number of aliphatic hydroxyl groups is 1. The molecule has 5 nitrogen and oxygen atoms in total. The van der Waals surface area contributed by atoms with Crippen molar-refractivity contribution in [1.29, 1.82) is 0 Å². The van der Waals surface area contributed by atoms with Gasteiger partial charge in [0.25, 0.3) is 0 Å². The summed E-state index contributed by atoms with van der Waals surface area (Å²) < 4.78 is 5.47. The predicted octanol–water partition coefficient (Wildman–Crippen LogP) is 1.87. The molecular formula is C14H18N2O3. The molecule has 19 heavy (non-hydrogen) atoms. The van der Waals surface area contributed by atoms with E-state index in [1.807, 2.05) is 25.1 Å². The van der Waals surface area contributed by atoms with Gasteiger partial charge in [0, 0.05) is 33.5 Å². The van der Waals surface area contributed by atoms with E-state index in [4.69, 9.17) is 9.52 Å². The highest BCUT2D eigenvalue weighted by atomic mass is 16.3. The average molecular weight is 262 g/mol. The molecule has 0 aliphatic carbocycles. The van der Waals surface area contributed by atoms with Crippen molar-refractivity contribution in [2.45, 2.75) is 26.3 Å². The number of carbonyl (C=O) groups excluding carboxylic acids is 1. The third kappa shape index (κ3) is 3.32. The molecule has 0 aliphatic rings. The van der Waals surface area contributed by atoms with Crippen molar-refractivity contribution in [3.63, 3.8) is 0 Å². The summed E-state index contributed by atoms with van der Waals surface area (Å²) in [5, 5.41) is 8.72. The first-order chi connectivity index (χ1) is 9.10. The number of aryl methyl sites for hydroxylation is 1. The van der Waals surface area contributed by atoms with Crippen molar-refractivity contribution in [2.24, 2.45) is 0 Å². The van der Waals surface area contributed by atoms with E-state index in [9.17, 15) is 4.79 Å². The van der Waals surface area contributed by atoms with Crippen LogP contribution in [0.3, 0.4) is 0 Å². The molecule has 1 heterocycles. The summed E-state index contributed by atoms with van der Waals surface area (Å²) in [6.45, 7) is 2.38. The molecular weight excluding hydrogens is 244 g/mol. The van der Waals surface area contributed by atoms with Gasteiger partial charge < -0.3 is 14.4 Å². The predicted molar refractivity (Wildman–Crippen MR) is 71.5 cm³/mol. The highest BCUT2D eigenvalue weighted by molar-refractivity contribution is 5.76. The second-order valence-electron chi connectivity index (χ2n) is 4.61. The third-order valence-corrected chi connectivity index (χ3v) is 2.95. The van der Waals surface area contributed by atoms with Gasteiger partial charge in [-0.3, -0.25) is 4.79 Å². The fourth-order valence-electron chi connectivity index (χ4n) is 1.97. The van der Waals surface area contributed by atoms with Crippen LogP contribution in [0.15, 0.2) is 22.6 Å². The van der Waals surface area contributed by atoms with E-state index in [1.165, 1.54) is 0 Å². The first-order valence-electron chi connectivity index (χ1n) is 6.31. The molecule has 0 saturated carbocycles. The van der Waals surface area contributed by atoms with E-state index in [0.29, 0.717) is 25.3 Å². The molecule has 0 spiro atoms. The highest BCUT2D eigenvalue weighted by Crippen LogP contribution is 2.17. The van der Waals surface area contributed by atoms with Gasteiger partial charge in [-0.05, 0) is 24.1 Å². The molecule has 2 aromatic rings. The minimum Gasteiger partial charge on any atom is -0.441 e. The number of amides is 1. The van der Waals surface area contributed by atoms with E-state index in [-0.39, 0.29) is 12.5 Å². The maximum Gasteiger partial charge on any atom is 0.222 e. The minimum absolute atomic E-state index is 0.0305. The monoisotopic (exact) mass is 262 g/mol. The van der Waals surface area contributed by atoms with Crippen molar-refractivity contribution >= 4 is 17.0 Å². The normalized spacial score (nSPS) is 10.9. The van der Waals surface area contributed by atoms with Crippen molar-refractivity contribution in [3.05, 3.63) is 29.7 Å². The minimum atomic E-state index is 0.0305. The Bertz CT molecular complexity index is 577. The van der Waals surface area contributed by atoms with E-state index >= 15 is 0 Å². The summed E-state index contributed by atoms with van der Waals surface area (Å²) in [6.07, 6.45) is 0.875. The van der Waals surface area contributed by atoms with Crippen LogP contribution in [0.5, 0.6) is 0 Å². The SMILES string of the molecule is Cc1nc2ccc(CN(C)C(=O)CCCO)cc2o1. The number of nitrogens with zero attached hydrogens (tertiary/aromatic N) is 2. The number of aliphatic hydroxyl groups excluding tert-OH is 1. The van der Waals surface area contributed by atoms with Crippen molar-refractivity contribution in [3.8, 4) is 0 Å². The Morgan fingerprint density at radius 1 is 1.47 bits per heavy atom. The lowest BCUT2D eigenvalue weighted by Gasteiger charge is -2.16. The van der Waals surface area contributed by atoms with Crippen molar-refractivity contribution in [1.82, 2.24) is 9.88 Å². The zero-order valence-electron chi connectivity index (χ0n) is 11.2. The summed E-state index contributed by atoms with van der Waals surface area (Å²) in [4.78, 5) is 17.6. The number of oxazole rings is 1. The fourth-order valence-corrected chi connectivity index (χ4v) is 1.97. The molecule has 0 fully saturated rings. The van der Waals surface area contributed by atoms with Crippen LogP contribution in [0.25, 0.3) is 11.1 Å². The van der Waals surface area contributed by atoms with Gasteiger partial charge in [0.2, 0.25) is 5.91 Å². The molecule has 0 saturated heterocycles. The van der Waals surface area contributed by atoms with Gasteiger partial charge in [-0.2, -0.15) is 0 Å². The molecule has 5 heteroatoms. The van der Waals surface area contributed by atoms with E-state index < -0.39 is 0 Å². The van der Waals surface area contributed by atoms with Crippen LogP contribution in [-0.2, 0) is 11.3 Å². The number of hydrogen-bond acceptors (Lipinski definition) is 4. The van der Waals surface area contributed by atoms with Gasteiger partial charge >= 0.3 is 0 Å². The van der Waals surface area contributed by atoms with Crippen LogP contribution in [0.4, 0.5) is 0 Å². The smallest absolute Gasteiger partial charge is 0.222 e. The van der Waals surface area contributed by atoms with Crippen molar-refractivity contribution in [2.75, 3.05) is 13.7 Å². The Kier molecular flexibility index (Phi) is 4.16. The zero-order valence-corrected chi connectivity index (χ0v) is 11.2. The summed E-state index contributed by atoms with van der Waals surface area (Å²) in [5.74, 6) is 0.669. The molecule has 0 unspecified atom stereocenters. The van der Waals surface area contributed by atoms with Gasteiger partial charge in [-0.1, -0.05) is 6.07 Å². The van der Waals surface area contributed by atoms with Gasteiger partial charge in [0.15, 0.2) is 11.5 Å². The number of carbonyl (C=O) groups is 1. The van der Waals surface area contributed by atoms with Crippen LogP contribution in [0.2, 0.25) is 0 Å². The first-order valence-corrected chi connectivity index (χ1v) is 6.31. The van der Waals surface area contributed by atoms with Crippen LogP contribution in [0.1, 0.15) is 24.3 Å². The van der Waals surface area contributed by atoms with E-state index in [2.05, 4.69) is 4.98 Å².